The molecular formula is C11H14BrN3O2. The standard InChI is InChI=1S/C11H14BrN3O2/c1-6-3-4-9(8(12)5-6)14-11(16)7(2)10(13)15-17/h3-5,7,17H,1-2H3,(H2,13,15)(H,14,16). The van der Waals surface area contributed by atoms with Gasteiger partial charge in [-0.1, -0.05) is 11.2 Å². The van der Waals surface area contributed by atoms with Crippen molar-refractivity contribution in [3.05, 3.63) is 28.2 Å². The average molecular weight is 300 g/mol. The summed E-state index contributed by atoms with van der Waals surface area (Å²) in [5, 5.41) is 14.0. The Morgan fingerprint density at radius 1 is 1.59 bits per heavy atom. The van der Waals surface area contributed by atoms with Crippen molar-refractivity contribution in [2.24, 2.45) is 16.8 Å². The molecule has 0 radical (unpaired) electrons. The Balaban J connectivity index is 2.81. The van der Waals surface area contributed by atoms with Crippen molar-refractivity contribution in [1.82, 2.24) is 0 Å². The Morgan fingerprint density at radius 2 is 2.24 bits per heavy atom. The van der Waals surface area contributed by atoms with Crippen molar-refractivity contribution in [3.63, 3.8) is 0 Å². The molecule has 0 spiro atoms. The van der Waals surface area contributed by atoms with E-state index in [1.54, 1.807) is 13.0 Å². The van der Waals surface area contributed by atoms with Crippen molar-refractivity contribution >= 4 is 33.4 Å². The number of carbonyl (C=O) groups excluding carboxylic acids is 1. The van der Waals surface area contributed by atoms with Crippen molar-refractivity contribution in [2.75, 3.05) is 5.32 Å². The largest absolute Gasteiger partial charge is 0.409 e. The van der Waals surface area contributed by atoms with Gasteiger partial charge in [-0.3, -0.25) is 4.79 Å². The number of rotatable bonds is 3. The summed E-state index contributed by atoms with van der Waals surface area (Å²) in [7, 11) is 0. The van der Waals surface area contributed by atoms with Crippen LogP contribution in [0.15, 0.2) is 27.8 Å². The molecule has 0 fully saturated rings. The van der Waals surface area contributed by atoms with Gasteiger partial charge < -0.3 is 16.3 Å². The minimum absolute atomic E-state index is 0.120. The maximum Gasteiger partial charge on any atom is 0.234 e. The number of benzene rings is 1. The molecule has 4 N–H and O–H groups in total. The molecule has 92 valence electrons. The molecule has 5 nitrogen and oxygen atoms in total. The van der Waals surface area contributed by atoms with Crippen molar-refractivity contribution in [1.29, 1.82) is 0 Å². The smallest absolute Gasteiger partial charge is 0.234 e. The highest BCUT2D eigenvalue weighted by molar-refractivity contribution is 9.10. The molecule has 1 amide bonds. The first kappa shape index (κ1) is 13.5. The second kappa shape index (κ2) is 5.67. The van der Waals surface area contributed by atoms with Gasteiger partial charge in [0, 0.05) is 4.47 Å². The molecular weight excluding hydrogens is 286 g/mol. The normalized spacial score (nSPS) is 13.2. The Labute approximate surface area is 108 Å². The van der Waals surface area contributed by atoms with E-state index in [9.17, 15) is 4.79 Å². The SMILES string of the molecule is Cc1ccc(NC(=O)C(C)/C(N)=N/O)c(Br)c1. The third-order valence-electron chi connectivity index (χ3n) is 2.33. The third kappa shape index (κ3) is 3.45. The van der Waals surface area contributed by atoms with Crippen LogP contribution >= 0.6 is 15.9 Å². The summed E-state index contributed by atoms with van der Waals surface area (Å²) in [5.74, 6) is -1.14. The molecule has 0 aliphatic heterocycles. The van der Waals surface area contributed by atoms with Gasteiger partial charge in [0.25, 0.3) is 0 Å². The lowest BCUT2D eigenvalue weighted by Gasteiger charge is -2.12. The molecule has 1 unspecified atom stereocenters. The van der Waals surface area contributed by atoms with E-state index < -0.39 is 5.92 Å². The predicted octanol–water partition coefficient (Wildman–Crippen LogP) is 2.08. The molecule has 0 bridgehead atoms. The number of nitrogens with one attached hydrogen (secondary N) is 1. The van der Waals surface area contributed by atoms with E-state index in [0.29, 0.717) is 5.69 Å². The lowest BCUT2D eigenvalue weighted by atomic mass is 10.1. The first-order chi connectivity index (χ1) is 7.95. The summed E-state index contributed by atoms with van der Waals surface area (Å²) in [6.45, 7) is 3.52. The lowest BCUT2D eigenvalue weighted by molar-refractivity contribution is -0.117. The van der Waals surface area contributed by atoms with Crippen LogP contribution < -0.4 is 11.1 Å². The van der Waals surface area contributed by atoms with Gasteiger partial charge in [-0.25, -0.2) is 0 Å². The molecule has 1 atom stereocenters. The summed E-state index contributed by atoms with van der Waals surface area (Å²) in [6, 6.07) is 5.56. The summed E-state index contributed by atoms with van der Waals surface area (Å²) < 4.78 is 0.789. The average Bonchev–Trinajstić information content (AvgIpc) is 2.30. The monoisotopic (exact) mass is 299 g/mol. The van der Waals surface area contributed by atoms with Gasteiger partial charge in [-0.05, 0) is 47.5 Å². The molecule has 6 heteroatoms. The molecule has 17 heavy (non-hydrogen) atoms. The van der Waals surface area contributed by atoms with E-state index >= 15 is 0 Å². The molecule has 1 aromatic rings. The molecule has 1 aromatic carbocycles. The van der Waals surface area contributed by atoms with E-state index in [1.165, 1.54) is 0 Å². The molecule has 0 saturated carbocycles. The van der Waals surface area contributed by atoms with Crippen LogP contribution in [0.2, 0.25) is 0 Å². The predicted molar refractivity (Wildman–Crippen MR) is 70.1 cm³/mol. The van der Waals surface area contributed by atoms with Gasteiger partial charge in [0.15, 0.2) is 5.84 Å². The summed E-state index contributed by atoms with van der Waals surface area (Å²) in [4.78, 5) is 11.7. The second-order valence-corrected chi connectivity index (χ2v) is 4.57. The minimum Gasteiger partial charge on any atom is -0.409 e. The number of carbonyl (C=O) groups is 1. The molecule has 0 aliphatic rings. The second-order valence-electron chi connectivity index (χ2n) is 3.72. The Morgan fingerprint density at radius 3 is 2.76 bits per heavy atom. The number of aryl methyl sites for hydroxylation is 1. The number of amidine groups is 1. The Kier molecular flexibility index (Phi) is 4.51. The number of nitrogens with two attached hydrogens (primary N) is 1. The highest BCUT2D eigenvalue weighted by Crippen LogP contribution is 2.23. The van der Waals surface area contributed by atoms with Crippen LogP contribution in [0.25, 0.3) is 0 Å². The van der Waals surface area contributed by atoms with Crippen molar-refractivity contribution in [2.45, 2.75) is 13.8 Å². The fraction of sp³-hybridized carbons (Fsp3) is 0.273. The van der Waals surface area contributed by atoms with Crippen molar-refractivity contribution < 1.29 is 10.0 Å². The first-order valence-electron chi connectivity index (χ1n) is 5.00. The van der Waals surface area contributed by atoms with Crippen molar-refractivity contribution in [3.8, 4) is 0 Å². The zero-order valence-electron chi connectivity index (χ0n) is 9.57. The maximum atomic E-state index is 11.7. The van der Waals surface area contributed by atoms with Crippen LogP contribution in [0.3, 0.4) is 0 Å². The number of halogens is 1. The van der Waals surface area contributed by atoms with E-state index in [-0.39, 0.29) is 11.7 Å². The van der Waals surface area contributed by atoms with Crippen LogP contribution in [-0.4, -0.2) is 17.0 Å². The summed E-state index contributed by atoms with van der Waals surface area (Å²) >= 11 is 3.35. The number of hydrogen-bond acceptors (Lipinski definition) is 3. The Bertz CT molecular complexity index is 460. The Hall–Kier alpha value is -1.56. The van der Waals surface area contributed by atoms with E-state index in [2.05, 4.69) is 26.4 Å². The topological polar surface area (TPSA) is 87.7 Å². The van der Waals surface area contributed by atoms with Gasteiger partial charge in [0.1, 0.15) is 0 Å². The number of hydrogen-bond donors (Lipinski definition) is 3. The number of oxime groups is 1. The van der Waals surface area contributed by atoms with Crippen LogP contribution in [0.4, 0.5) is 5.69 Å². The van der Waals surface area contributed by atoms with Gasteiger partial charge in [-0.2, -0.15) is 0 Å². The fourth-order valence-electron chi connectivity index (χ4n) is 1.18. The summed E-state index contributed by atoms with van der Waals surface area (Å²) in [6.07, 6.45) is 0. The maximum absolute atomic E-state index is 11.7. The van der Waals surface area contributed by atoms with Gasteiger partial charge in [0.2, 0.25) is 5.91 Å². The van der Waals surface area contributed by atoms with Crippen LogP contribution in [0.5, 0.6) is 0 Å². The minimum atomic E-state index is -0.687. The van der Waals surface area contributed by atoms with E-state index in [4.69, 9.17) is 10.9 Å². The van der Waals surface area contributed by atoms with Crippen LogP contribution in [-0.2, 0) is 4.79 Å². The molecule has 1 rings (SSSR count). The molecule has 0 saturated heterocycles. The zero-order valence-corrected chi connectivity index (χ0v) is 11.2. The number of anilines is 1. The molecule has 0 aliphatic carbocycles. The van der Waals surface area contributed by atoms with Gasteiger partial charge in [0.05, 0.1) is 11.6 Å². The highest BCUT2D eigenvalue weighted by atomic mass is 79.9. The first-order valence-corrected chi connectivity index (χ1v) is 5.79. The lowest BCUT2D eigenvalue weighted by Crippen LogP contribution is -2.32. The quantitative estimate of drug-likeness (QED) is 0.345. The van der Waals surface area contributed by atoms with E-state index in [1.807, 2.05) is 19.1 Å². The highest BCUT2D eigenvalue weighted by Gasteiger charge is 2.18. The number of nitrogens with zero attached hydrogens (tertiary/aromatic N) is 1. The number of amides is 1. The third-order valence-corrected chi connectivity index (χ3v) is 2.99. The molecule has 0 heterocycles. The zero-order chi connectivity index (χ0) is 13.0. The van der Waals surface area contributed by atoms with Gasteiger partial charge in [-0.15, -0.1) is 0 Å². The molecule has 0 aromatic heterocycles. The van der Waals surface area contributed by atoms with Gasteiger partial charge >= 0.3 is 0 Å². The van der Waals surface area contributed by atoms with Crippen LogP contribution in [0, 0.1) is 12.8 Å². The fourth-order valence-corrected chi connectivity index (χ4v) is 1.78. The van der Waals surface area contributed by atoms with Crippen LogP contribution in [0.1, 0.15) is 12.5 Å². The summed E-state index contributed by atoms with van der Waals surface area (Å²) in [5.41, 5.74) is 7.09. The van der Waals surface area contributed by atoms with E-state index in [0.717, 1.165) is 10.0 Å².